The quantitative estimate of drug-likeness (QED) is 0.772. The molecule has 1 aromatic rings. The topological polar surface area (TPSA) is 35.5 Å². The van der Waals surface area contributed by atoms with Crippen molar-refractivity contribution < 1.29 is 14.3 Å². The highest BCUT2D eigenvalue weighted by Crippen LogP contribution is 2.57. The molecular formula is C15H20O3. The molecule has 98 valence electrons. The Labute approximate surface area is 108 Å². The molecule has 0 aliphatic heterocycles. The van der Waals surface area contributed by atoms with Gasteiger partial charge in [-0.15, -0.1) is 0 Å². The molecule has 3 nitrogen and oxygen atoms in total. The minimum absolute atomic E-state index is 0.154. The van der Waals surface area contributed by atoms with E-state index in [4.69, 9.17) is 9.47 Å². The Hall–Kier alpha value is -1.51. The molecule has 2 rings (SSSR count). The maximum Gasteiger partial charge on any atom is 0.316 e. The minimum Gasteiger partial charge on any atom is -0.496 e. The number of hydrogen-bond acceptors (Lipinski definition) is 3. The Kier molecular flexibility index (Phi) is 3.09. The molecule has 2 unspecified atom stereocenters. The highest BCUT2D eigenvalue weighted by molar-refractivity contribution is 5.88. The predicted molar refractivity (Wildman–Crippen MR) is 69.9 cm³/mol. The van der Waals surface area contributed by atoms with Crippen LogP contribution in [0.1, 0.15) is 30.0 Å². The number of ether oxygens (including phenoxy) is 2. The van der Waals surface area contributed by atoms with Crippen LogP contribution in [0.25, 0.3) is 0 Å². The molecule has 1 aromatic carbocycles. The highest BCUT2D eigenvalue weighted by atomic mass is 16.5. The maximum atomic E-state index is 12.1. The molecule has 0 saturated heterocycles. The predicted octanol–water partition coefficient (Wildman–Crippen LogP) is 2.76. The summed E-state index contributed by atoms with van der Waals surface area (Å²) in [6.07, 6.45) is 0.832. The van der Waals surface area contributed by atoms with Crippen LogP contribution in [0.3, 0.4) is 0 Å². The number of aryl methyl sites for hydroxylation is 2. The molecule has 0 N–H and O–H groups in total. The lowest BCUT2D eigenvalue weighted by molar-refractivity contribution is -0.144. The fraction of sp³-hybridized carbons (Fsp3) is 0.533. The van der Waals surface area contributed by atoms with Crippen LogP contribution in [-0.2, 0) is 14.9 Å². The van der Waals surface area contributed by atoms with Crippen LogP contribution in [0.5, 0.6) is 5.75 Å². The van der Waals surface area contributed by atoms with E-state index in [-0.39, 0.29) is 5.97 Å². The van der Waals surface area contributed by atoms with E-state index in [2.05, 4.69) is 13.0 Å². The van der Waals surface area contributed by atoms with Gasteiger partial charge in [-0.25, -0.2) is 0 Å². The number of hydrogen-bond donors (Lipinski definition) is 0. The normalized spacial score (nSPS) is 25.7. The number of esters is 1. The van der Waals surface area contributed by atoms with Gasteiger partial charge < -0.3 is 9.47 Å². The molecule has 0 heterocycles. The summed E-state index contributed by atoms with van der Waals surface area (Å²) in [5.74, 6) is 0.966. The van der Waals surface area contributed by atoms with Crippen molar-refractivity contribution in [2.75, 3.05) is 14.2 Å². The van der Waals surface area contributed by atoms with Crippen LogP contribution >= 0.6 is 0 Å². The third-order valence-electron chi connectivity index (χ3n) is 3.96. The molecule has 2 atom stereocenters. The van der Waals surface area contributed by atoms with Crippen LogP contribution in [0.15, 0.2) is 12.1 Å². The number of carbonyl (C=O) groups excluding carboxylic acids is 1. The number of carbonyl (C=O) groups is 1. The molecule has 1 saturated carbocycles. The number of rotatable bonds is 3. The van der Waals surface area contributed by atoms with Crippen molar-refractivity contribution in [2.24, 2.45) is 5.92 Å². The Morgan fingerprint density at radius 3 is 2.39 bits per heavy atom. The van der Waals surface area contributed by atoms with Crippen molar-refractivity contribution in [3.8, 4) is 5.75 Å². The fourth-order valence-electron chi connectivity index (χ4n) is 2.93. The Bertz CT molecular complexity index is 493. The molecular weight excluding hydrogens is 228 g/mol. The van der Waals surface area contributed by atoms with E-state index < -0.39 is 5.41 Å². The van der Waals surface area contributed by atoms with Gasteiger partial charge in [0.1, 0.15) is 5.75 Å². The lowest BCUT2D eigenvalue weighted by atomic mass is 9.89. The van der Waals surface area contributed by atoms with Crippen molar-refractivity contribution in [1.82, 2.24) is 0 Å². The van der Waals surface area contributed by atoms with Gasteiger partial charge in [0, 0.05) is 5.56 Å². The monoisotopic (exact) mass is 248 g/mol. The molecule has 0 amide bonds. The summed E-state index contributed by atoms with van der Waals surface area (Å²) >= 11 is 0. The van der Waals surface area contributed by atoms with E-state index in [1.54, 1.807) is 7.11 Å². The summed E-state index contributed by atoms with van der Waals surface area (Å²) in [5.41, 5.74) is 2.68. The van der Waals surface area contributed by atoms with Crippen LogP contribution in [0.4, 0.5) is 0 Å². The Balaban J connectivity index is 2.60. The molecule has 3 heteroatoms. The first kappa shape index (κ1) is 12.9. The van der Waals surface area contributed by atoms with E-state index >= 15 is 0 Å². The van der Waals surface area contributed by atoms with E-state index in [0.29, 0.717) is 5.92 Å². The van der Waals surface area contributed by atoms with E-state index in [1.807, 2.05) is 19.9 Å². The summed E-state index contributed by atoms with van der Waals surface area (Å²) in [7, 11) is 3.10. The number of methoxy groups -OCH3 is 2. The van der Waals surface area contributed by atoms with Gasteiger partial charge in [0.05, 0.1) is 19.6 Å². The molecule has 0 aromatic heterocycles. The van der Waals surface area contributed by atoms with Gasteiger partial charge in [0.15, 0.2) is 0 Å². The third kappa shape index (κ3) is 1.69. The van der Waals surface area contributed by atoms with Gasteiger partial charge in [-0.3, -0.25) is 4.79 Å². The van der Waals surface area contributed by atoms with Crippen molar-refractivity contribution in [2.45, 2.75) is 32.6 Å². The zero-order valence-corrected chi connectivity index (χ0v) is 11.7. The van der Waals surface area contributed by atoms with Crippen LogP contribution < -0.4 is 4.74 Å². The van der Waals surface area contributed by atoms with E-state index in [9.17, 15) is 4.79 Å². The number of benzene rings is 1. The molecule has 0 radical (unpaired) electrons. The zero-order valence-electron chi connectivity index (χ0n) is 11.7. The average Bonchev–Trinajstić information content (AvgIpc) is 3.00. The van der Waals surface area contributed by atoms with Gasteiger partial charge in [0.25, 0.3) is 0 Å². The van der Waals surface area contributed by atoms with E-state index in [1.165, 1.54) is 7.11 Å². The SMILES string of the molecule is COC(=O)C1(c2cc(C)cc(C)c2OC)CC1C. The zero-order chi connectivity index (χ0) is 13.5. The summed E-state index contributed by atoms with van der Waals surface area (Å²) in [6, 6.07) is 4.12. The Morgan fingerprint density at radius 1 is 1.33 bits per heavy atom. The van der Waals surface area contributed by atoms with Crippen LogP contribution in [0.2, 0.25) is 0 Å². The second kappa shape index (κ2) is 4.30. The van der Waals surface area contributed by atoms with Crippen LogP contribution in [0, 0.1) is 19.8 Å². The van der Waals surface area contributed by atoms with Crippen molar-refractivity contribution in [3.05, 3.63) is 28.8 Å². The molecule has 1 fully saturated rings. The highest BCUT2D eigenvalue weighted by Gasteiger charge is 2.61. The smallest absolute Gasteiger partial charge is 0.316 e. The third-order valence-corrected chi connectivity index (χ3v) is 3.96. The molecule has 0 spiro atoms. The molecule has 0 bridgehead atoms. The van der Waals surface area contributed by atoms with Gasteiger partial charge in [0.2, 0.25) is 0 Å². The van der Waals surface area contributed by atoms with E-state index in [0.717, 1.165) is 28.9 Å². The van der Waals surface area contributed by atoms with Crippen LogP contribution in [-0.4, -0.2) is 20.2 Å². The maximum absolute atomic E-state index is 12.1. The Morgan fingerprint density at radius 2 is 1.94 bits per heavy atom. The summed E-state index contributed by atoms with van der Waals surface area (Å²) < 4.78 is 10.5. The minimum atomic E-state index is -0.503. The van der Waals surface area contributed by atoms with Crippen molar-refractivity contribution in [3.63, 3.8) is 0 Å². The second-order valence-corrected chi connectivity index (χ2v) is 5.23. The summed E-state index contributed by atoms with van der Waals surface area (Å²) in [4.78, 5) is 12.1. The first-order valence-electron chi connectivity index (χ1n) is 6.21. The van der Waals surface area contributed by atoms with Gasteiger partial charge in [-0.1, -0.05) is 24.6 Å². The van der Waals surface area contributed by atoms with Gasteiger partial charge in [-0.2, -0.15) is 0 Å². The average molecular weight is 248 g/mol. The molecule has 1 aliphatic rings. The first-order valence-corrected chi connectivity index (χ1v) is 6.21. The lowest BCUT2D eigenvalue weighted by Gasteiger charge is -2.20. The lowest BCUT2D eigenvalue weighted by Crippen LogP contribution is -2.25. The molecule has 18 heavy (non-hydrogen) atoms. The summed E-state index contributed by atoms with van der Waals surface area (Å²) in [5, 5.41) is 0. The fourth-order valence-corrected chi connectivity index (χ4v) is 2.93. The standard InChI is InChI=1S/C15H20O3/c1-9-6-10(2)13(17-4)12(7-9)15(8-11(15)3)14(16)18-5/h6-7,11H,8H2,1-5H3. The van der Waals surface area contributed by atoms with Crippen molar-refractivity contribution >= 4 is 5.97 Å². The second-order valence-electron chi connectivity index (χ2n) is 5.23. The van der Waals surface area contributed by atoms with Crippen molar-refractivity contribution in [1.29, 1.82) is 0 Å². The largest absolute Gasteiger partial charge is 0.496 e. The first-order chi connectivity index (χ1) is 8.47. The van der Waals surface area contributed by atoms with Gasteiger partial charge >= 0.3 is 5.97 Å². The van der Waals surface area contributed by atoms with Gasteiger partial charge in [-0.05, 0) is 31.7 Å². The summed E-state index contributed by atoms with van der Waals surface area (Å²) in [6.45, 7) is 6.12. The molecule has 1 aliphatic carbocycles.